The van der Waals surface area contributed by atoms with Crippen molar-refractivity contribution in [1.29, 1.82) is 0 Å². The van der Waals surface area contributed by atoms with Crippen molar-refractivity contribution in [2.24, 2.45) is 0 Å². The van der Waals surface area contributed by atoms with Crippen LogP contribution in [0.5, 0.6) is 0 Å². The van der Waals surface area contributed by atoms with Gasteiger partial charge in [-0.05, 0) is 43.3 Å². The zero-order chi connectivity index (χ0) is 20.0. The van der Waals surface area contributed by atoms with E-state index in [0.717, 1.165) is 11.4 Å². The van der Waals surface area contributed by atoms with Crippen molar-refractivity contribution in [3.05, 3.63) is 59.1 Å². The number of benzene rings is 2. The maximum absolute atomic E-state index is 13.2. The molecule has 0 aromatic heterocycles. The fraction of sp³-hybridized carbons (Fsp3) is 0.222. The van der Waals surface area contributed by atoms with Crippen LogP contribution < -0.4 is 4.31 Å². The van der Waals surface area contributed by atoms with Gasteiger partial charge in [-0.25, -0.2) is 13.2 Å². The van der Waals surface area contributed by atoms with Crippen LogP contribution in [0, 0.1) is 0 Å². The van der Waals surface area contributed by atoms with E-state index < -0.39 is 28.5 Å². The normalized spacial score (nSPS) is 10.9. The predicted octanol–water partition coefficient (Wildman–Crippen LogP) is 2.89. The molecular formula is C18H18ClNO6S. The highest BCUT2D eigenvalue weighted by Gasteiger charge is 2.30. The van der Waals surface area contributed by atoms with E-state index in [9.17, 15) is 18.0 Å². The molecule has 0 spiro atoms. The van der Waals surface area contributed by atoms with Crippen LogP contribution in [0.4, 0.5) is 5.69 Å². The molecule has 0 aliphatic carbocycles. The van der Waals surface area contributed by atoms with Gasteiger partial charge in [-0.15, -0.1) is 0 Å². The first-order chi connectivity index (χ1) is 12.8. The van der Waals surface area contributed by atoms with Crippen molar-refractivity contribution in [1.82, 2.24) is 0 Å². The lowest BCUT2D eigenvalue weighted by atomic mass is 10.2. The number of anilines is 1. The summed E-state index contributed by atoms with van der Waals surface area (Å²) in [4.78, 5) is 24.0. The Hall–Kier alpha value is -2.58. The number of carbonyl (C=O) groups excluding carboxylic acids is 2. The van der Waals surface area contributed by atoms with Gasteiger partial charge in [0.2, 0.25) is 0 Å². The maximum Gasteiger partial charge on any atom is 0.340 e. The molecule has 0 atom stereocenters. The third-order valence-electron chi connectivity index (χ3n) is 3.57. The molecule has 0 N–H and O–H groups in total. The molecule has 0 heterocycles. The van der Waals surface area contributed by atoms with Gasteiger partial charge in [0.05, 0.1) is 29.9 Å². The van der Waals surface area contributed by atoms with E-state index in [4.69, 9.17) is 16.3 Å². The van der Waals surface area contributed by atoms with Crippen LogP contribution in [0.15, 0.2) is 53.4 Å². The number of methoxy groups -OCH3 is 1. The zero-order valence-electron chi connectivity index (χ0n) is 14.7. The lowest BCUT2D eigenvalue weighted by molar-refractivity contribution is -0.138. The number of carbonyl (C=O) groups is 2. The average molecular weight is 412 g/mol. The summed E-state index contributed by atoms with van der Waals surface area (Å²) in [5.41, 5.74) is 0.0251. The first-order valence-electron chi connectivity index (χ1n) is 7.92. The van der Waals surface area contributed by atoms with Crippen LogP contribution in [-0.2, 0) is 24.3 Å². The summed E-state index contributed by atoms with van der Waals surface area (Å²) < 4.78 is 36.7. The van der Waals surface area contributed by atoms with Crippen LogP contribution >= 0.6 is 11.6 Å². The Morgan fingerprint density at radius 2 is 1.70 bits per heavy atom. The van der Waals surface area contributed by atoms with Crippen LogP contribution in [-0.4, -0.2) is 40.6 Å². The largest absolute Gasteiger partial charge is 0.468 e. The van der Waals surface area contributed by atoms with Crippen LogP contribution in [0.1, 0.15) is 17.3 Å². The topological polar surface area (TPSA) is 90.0 Å². The van der Waals surface area contributed by atoms with Crippen molar-refractivity contribution in [2.75, 3.05) is 24.6 Å². The predicted molar refractivity (Wildman–Crippen MR) is 100 cm³/mol. The van der Waals surface area contributed by atoms with Crippen LogP contribution in [0.25, 0.3) is 0 Å². The van der Waals surface area contributed by atoms with Crippen molar-refractivity contribution >= 4 is 39.3 Å². The van der Waals surface area contributed by atoms with E-state index in [1.165, 1.54) is 36.4 Å². The highest BCUT2D eigenvalue weighted by molar-refractivity contribution is 7.92. The summed E-state index contributed by atoms with van der Waals surface area (Å²) in [5, 5.41) is 0.361. The van der Waals surface area contributed by atoms with Gasteiger partial charge in [0.15, 0.2) is 0 Å². The molecule has 7 nitrogen and oxygen atoms in total. The Bertz CT molecular complexity index is 927. The number of ether oxygens (including phenoxy) is 2. The molecular weight excluding hydrogens is 394 g/mol. The number of rotatable bonds is 7. The average Bonchev–Trinajstić information content (AvgIpc) is 2.66. The Morgan fingerprint density at radius 1 is 1.07 bits per heavy atom. The number of esters is 2. The Kier molecular flexibility index (Phi) is 6.81. The third-order valence-corrected chi connectivity index (χ3v) is 5.60. The lowest BCUT2D eigenvalue weighted by Gasteiger charge is -2.25. The second-order valence-electron chi connectivity index (χ2n) is 5.28. The summed E-state index contributed by atoms with van der Waals surface area (Å²) in [6, 6.07) is 11.4. The number of hydrogen-bond acceptors (Lipinski definition) is 6. The minimum atomic E-state index is -4.18. The SMILES string of the molecule is CCOC(=O)c1ccccc1N(CC(=O)OC)S(=O)(=O)c1ccc(Cl)cc1. The Balaban J connectivity index is 2.61. The van der Waals surface area contributed by atoms with Gasteiger partial charge >= 0.3 is 11.9 Å². The second-order valence-corrected chi connectivity index (χ2v) is 7.58. The van der Waals surface area contributed by atoms with Crippen molar-refractivity contribution in [3.63, 3.8) is 0 Å². The Labute approximate surface area is 162 Å². The van der Waals surface area contributed by atoms with E-state index >= 15 is 0 Å². The highest BCUT2D eigenvalue weighted by atomic mass is 35.5. The maximum atomic E-state index is 13.2. The molecule has 0 saturated carbocycles. The second kappa shape index (κ2) is 8.88. The van der Waals surface area contributed by atoms with Crippen molar-refractivity contribution < 1.29 is 27.5 Å². The van der Waals surface area contributed by atoms with Crippen LogP contribution in [0.3, 0.4) is 0 Å². The monoisotopic (exact) mass is 411 g/mol. The quantitative estimate of drug-likeness (QED) is 0.651. The van der Waals surface area contributed by atoms with E-state index in [0.29, 0.717) is 5.02 Å². The molecule has 0 radical (unpaired) electrons. The lowest BCUT2D eigenvalue weighted by Crippen LogP contribution is -2.37. The summed E-state index contributed by atoms with van der Waals surface area (Å²) in [6.07, 6.45) is 0. The molecule has 9 heteroatoms. The van der Waals surface area contributed by atoms with Crippen molar-refractivity contribution in [2.45, 2.75) is 11.8 Å². The summed E-state index contributed by atoms with van der Waals surface area (Å²) in [7, 11) is -3.04. The van der Waals surface area contributed by atoms with E-state index in [2.05, 4.69) is 4.74 Å². The molecule has 144 valence electrons. The first kappa shape index (κ1) is 20.7. The standard InChI is InChI=1S/C18H18ClNO6S/c1-3-26-18(22)15-6-4-5-7-16(15)20(12-17(21)25-2)27(23,24)14-10-8-13(19)9-11-14/h4-11H,3,12H2,1-2H3. The fourth-order valence-corrected chi connectivity index (χ4v) is 3.84. The molecule has 2 aromatic carbocycles. The number of nitrogens with zero attached hydrogens (tertiary/aromatic N) is 1. The van der Waals surface area contributed by atoms with Gasteiger partial charge in [0.25, 0.3) is 10.0 Å². The molecule has 0 saturated heterocycles. The van der Waals surface area contributed by atoms with E-state index in [-0.39, 0.29) is 22.8 Å². The minimum Gasteiger partial charge on any atom is -0.468 e. The summed E-state index contributed by atoms with van der Waals surface area (Å²) >= 11 is 5.82. The van der Waals surface area contributed by atoms with Gasteiger partial charge in [0.1, 0.15) is 6.54 Å². The van der Waals surface area contributed by atoms with Gasteiger partial charge < -0.3 is 9.47 Å². The zero-order valence-corrected chi connectivity index (χ0v) is 16.3. The van der Waals surface area contributed by atoms with Gasteiger partial charge in [-0.2, -0.15) is 0 Å². The third kappa shape index (κ3) is 4.78. The summed E-state index contributed by atoms with van der Waals surface area (Å²) in [6.45, 7) is 1.14. The fourth-order valence-electron chi connectivity index (χ4n) is 2.29. The molecule has 0 amide bonds. The molecule has 2 rings (SSSR count). The van der Waals surface area contributed by atoms with Gasteiger partial charge in [0, 0.05) is 5.02 Å². The first-order valence-corrected chi connectivity index (χ1v) is 9.74. The minimum absolute atomic E-state index is 0.0105. The van der Waals surface area contributed by atoms with Crippen molar-refractivity contribution in [3.8, 4) is 0 Å². The van der Waals surface area contributed by atoms with Gasteiger partial charge in [-0.1, -0.05) is 23.7 Å². The molecule has 0 unspecified atom stereocenters. The van der Waals surface area contributed by atoms with E-state index in [1.54, 1.807) is 19.1 Å². The Morgan fingerprint density at radius 3 is 2.30 bits per heavy atom. The summed E-state index contributed by atoms with van der Waals surface area (Å²) in [5.74, 6) is -1.49. The highest BCUT2D eigenvalue weighted by Crippen LogP contribution is 2.28. The number of sulfonamides is 1. The number of hydrogen-bond donors (Lipinski definition) is 0. The molecule has 2 aromatic rings. The molecule has 0 aliphatic rings. The molecule has 27 heavy (non-hydrogen) atoms. The van der Waals surface area contributed by atoms with Gasteiger partial charge in [-0.3, -0.25) is 9.10 Å². The molecule has 0 aliphatic heterocycles. The number of halogens is 1. The molecule has 0 fully saturated rings. The van der Waals surface area contributed by atoms with Crippen LogP contribution in [0.2, 0.25) is 5.02 Å². The van der Waals surface area contributed by atoms with E-state index in [1.807, 2.05) is 0 Å². The number of para-hydroxylation sites is 1. The smallest absolute Gasteiger partial charge is 0.340 e. The molecule has 0 bridgehead atoms.